The Morgan fingerprint density at radius 3 is 2.62 bits per heavy atom. The van der Waals surface area contributed by atoms with Crippen LogP contribution in [-0.2, 0) is 22.5 Å². The Kier molecular flexibility index (Phi) is 4.38. The van der Waals surface area contributed by atoms with Crippen molar-refractivity contribution >= 4 is 16.9 Å². The minimum atomic E-state index is -0.474. The van der Waals surface area contributed by atoms with Crippen LogP contribution in [0.3, 0.4) is 0 Å². The Morgan fingerprint density at radius 2 is 1.92 bits per heavy atom. The first kappa shape index (κ1) is 16.2. The summed E-state index contributed by atoms with van der Waals surface area (Å²) in [5.74, 6) is -0.217. The highest BCUT2D eigenvalue weighted by Crippen LogP contribution is 2.23. The molecule has 0 aliphatic carbocycles. The Morgan fingerprint density at radius 1 is 1.17 bits per heavy atom. The van der Waals surface area contributed by atoms with Crippen LogP contribution in [0.5, 0.6) is 0 Å². The zero-order valence-electron chi connectivity index (χ0n) is 14.3. The van der Waals surface area contributed by atoms with Crippen molar-refractivity contribution in [1.29, 1.82) is 0 Å². The standard InChI is InChI=1S/C20H22N2O2/c1-20(2,3)24-19(23)11-16-14-22(13-15-7-5-4-6-8-15)18-9-10-21-12-17(16)18/h4-10,12,14H,11,13H2,1-3H3. The zero-order chi connectivity index (χ0) is 17.2. The fourth-order valence-electron chi connectivity index (χ4n) is 2.80. The fraction of sp³-hybridized carbons (Fsp3) is 0.300. The van der Waals surface area contributed by atoms with Crippen molar-refractivity contribution in [2.75, 3.05) is 0 Å². The largest absolute Gasteiger partial charge is 0.460 e. The number of nitrogens with zero attached hydrogens (tertiary/aromatic N) is 2. The number of fused-ring (bicyclic) bond motifs is 1. The van der Waals surface area contributed by atoms with Gasteiger partial charge in [0.1, 0.15) is 5.60 Å². The van der Waals surface area contributed by atoms with Crippen molar-refractivity contribution in [1.82, 2.24) is 9.55 Å². The van der Waals surface area contributed by atoms with E-state index in [4.69, 9.17) is 4.74 Å². The van der Waals surface area contributed by atoms with Crippen molar-refractivity contribution in [3.63, 3.8) is 0 Å². The van der Waals surface area contributed by atoms with Crippen LogP contribution in [0.1, 0.15) is 31.9 Å². The van der Waals surface area contributed by atoms with Crippen molar-refractivity contribution in [3.8, 4) is 0 Å². The van der Waals surface area contributed by atoms with Crippen LogP contribution in [0.15, 0.2) is 55.0 Å². The Balaban J connectivity index is 1.90. The summed E-state index contributed by atoms with van der Waals surface area (Å²) < 4.78 is 7.61. The Bertz CT molecular complexity index is 845. The van der Waals surface area contributed by atoms with Crippen LogP contribution >= 0.6 is 0 Å². The lowest BCUT2D eigenvalue weighted by atomic mass is 10.1. The Hall–Kier alpha value is -2.62. The van der Waals surface area contributed by atoms with Gasteiger partial charge in [0.25, 0.3) is 0 Å². The normalized spacial score (nSPS) is 11.6. The van der Waals surface area contributed by atoms with E-state index in [1.165, 1.54) is 5.56 Å². The van der Waals surface area contributed by atoms with Crippen molar-refractivity contribution in [3.05, 3.63) is 66.1 Å². The third-order valence-corrected chi connectivity index (χ3v) is 3.72. The summed E-state index contributed by atoms with van der Waals surface area (Å²) in [4.78, 5) is 16.4. The maximum Gasteiger partial charge on any atom is 0.310 e. The lowest BCUT2D eigenvalue weighted by Gasteiger charge is -2.19. The zero-order valence-corrected chi connectivity index (χ0v) is 14.3. The molecule has 0 fully saturated rings. The molecule has 3 rings (SSSR count). The molecule has 124 valence electrons. The molecule has 4 heteroatoms. The predicted molar refractivity (Wildman–Crippen MR) is 94.8 cm³/mol. The fourth-order valence-corrected chi connectivity index (χ4v) is 2.80. The monoisotopic (exact) mass is 322 g/mol. The average Bonchev–Trinajstić information content (AvgIpc) is 2.85. The molecule has 0 spiro atoms. The Labute approximate surface area is 142 Å². The van der Waals surface area contributed by atoms with Crippen molar-refractivity contribution in [2.24, 2.45) is 0 Å². The van der Waals surface area contributed by atoms with E-state index in [1.807, 2.05) is 57.4 Å². The molecule has 0 bridgehead atoms. The van der Waals surface area contributed by atoms with Crippen molar-refractivity contribution < 1.29 is 9.53 Å². The summed E-state index contributed by atoms with van der Waals surface area (Å²) in [5, 5.41) is 0.999. The van der Waals surface area contributed by atoms with Gasteiger partial charge in [0.05, 0.1) is 11.9 Å². The number of ether oxygens (including phenoxy) is 1. The number of carbonyl (C=O) groups is 1. The van der Waals surface area contributed by atoms with E-state index >= 15 is 0 Å². The molecule has 24 heavy (non-hydrogen) atoms. The van der Waals surface area contributed by atoms with Gasteiger partial charge in [-0.3, -0.25) is 9.78 Å². The van der Waals surface area contributed by atoms with Gasteiger partial charge in [-0.25, -0.2) is 0 Å². The van der Waals surface area contributed by atoms with E-state index in [9.17, 15) is 4.79 Å². The summed E-state index contributed by atoms with van der Waals surface area (Å²) in [6.45, 7) is 6.40. The lowest BCUT2D eigenvalue weighted by Crippen LogP contribution is -2.24. The second-order valence-electron chi connectivity index (χ2n) is 6.92. The van der Waals surface area contributed by atoms with Gasteiger partial charge in [-0.05, 0) is 38.0 Å². The van der Waals surface area contributed by atoms with E-state index in [-0.39, 0.29) is 12.4 Å². The average molecular weight is 322 g/mol. The summed E-state index contributed by atoms with van der Waals surface area (Å²) in [6.07, 6.45) is 5.88. The summed E-state index contributed by atoms with van der Waals surface area (Å²) in [7, 11) is 0. The number of hydrogen-bond donors (Lipinski definition) is 0. The molecule has 1 aromatic carbocycles. The van der Waals surface area contributed by atoms with E-state index in [1.54, 1.807) is 6.20 Å². The third-order valence-electron chi connectivity index (χ3n) is 3.72. The van der Waals surface area contributed by atoms with Gasteiger partial charge in [-0.2, -0.15) is 0 Å². The van der Waals surface area contributed by atoms with Gasteiger partial charge in [0.15, 0.2) is 0 Å². The molecule has 0 atom stereocenters. The number of esters is 1. The minimum absolute atomic E-state index is 0.217. The number of pyridine rings is 1. The molecular weight excluding hydrogens is 300 g/mol. The molecule has 2 aromatic heterocycles. The SMILES string of the molecule is CC(C)(C)OC(=O)Cc1cn(Cc2ccccc2)c2ccncc12. The molecular formula is C20H22N2O2. The van der Waals surface area contributed by atoms with E-state index < -0.39 is 5.60 Å². The number of hydrogen-bond acceptors (Lipinski definition) is 3. The van der Waals surface area contributed by atoms with E-state index in [0.717, 1.165) is 23.0 Å². The molecule has 0 saturated heterocycles. The van der Waals surface area contributed by atoms with Crippen LogP contribution in [0, 0.1) is 0 Å². The molecule has 4 nitrogen and oxygen atoms in total. The molecule has 3 aromatic rings. The predicted octanol–water partition coefficient (Wildman–Crippen LogP) is 3.97. The number of benzene rings is 1. The van der Waals surface area contributed by atoms with Crippen LogP contribution in [0.25, 0.3) is 10.9 Å². The van der Waals surface area contributed by atoms with Gasteiger partial charge < -0.3 is 9.30 Å². The molecule has 0 unspecified atom stereocenters. The van der Waals surface area contributed by atoms with Gasteiger partial charge in [0.2, 0.25) is 0 Å². The topological polar surface area (TPSA) is 44.1 Å². The van der Waals surface area contributed by atoms with Gasteiger partial charge in [0, 0.05) is 30.5 Å². The molecule has 0 radical (unpaired) electrons. The highest BCUT2D eigenvalue weighted by molar-refractivity contribution is 5.87. The summed E-state index contributed by atoms with van der Waals surface area (Å²) in [5.41, 5.74) is 2.77. The first-order valence-corrected chi connectivity index (χ1v) is 8.10. The van der Waals surface area contributed by atoms with E-state index in [0.29, 0.717) is 0 Å². The van der Waals surface area contributed by atoms with Gasteiger partial charge in [-0.15, -0.1) is 0 Å². The number of aromatic nitrogens is 2. The van der Waals surface area contributed by atoms with Crippen LogP contribution in [0.2, 0.25) is 0 Å². The quantitative estimate of drug-likeness (QED) is 0.683. The second-order valence-corrected chi connectivity index (χ2v) is 6.92. The number of carbonyl (C=O) groups excluding carboxylic acids is 1. The highest BCUT2D eigenvalue weighted by Gasteiger charge is 2.19. The van der Waals surface area contributed by atoms with Gasteiger partial charge in [-0.1, -0.05) is 30.3 Å². The first-order chi connectivity index (χ1) is 11.4. The molecule has 0 aliphatic rings. The molecule has 0 amide bonds. The minimum Gasteiger partial charge on any atom is -0.460 e. The van der Waals surface area contributed by atoms with Gasteiger partial charge >= 0.3 is 5.97 Å². The number of rotatable bonds is 4. The van der Waals surface area contributed by atoms with Crippen molar-refractivity contribution in [2.45, 2.75) is 39.3 Å². The molecule has 0 saturated carbocycles. The smallest absolute Gasteiger partial charge is 0.310 e. The highest BCUT2D eigenvalue weighted by atomic mass is 16.6. The van der Waals surface area contributed by atoms with Crippen LogP contribution < -0.4 is 0 Å². The lowest BCUT2D eigenvalue weighted by molar-refractivity contribution is -0.153. The maximum absolute atomic E-state index is 12.2. The van der Waals surface area contributed by atoms with Crippen LogP contribution in [0.4, 0.5) is 0 Å². The van der Waals surface area contributed by atoms with Crippen LogP contribution in [-0.4, -0.2) is 21.1 Å². The first-order valence-electron chi connectivity index (χ1n) is 8.10. The third kappa shape index (κ3) is 3.82. The molecule has 2 heterocycles. The van der Waals surface area contributed by atoms with E-state index in [2.05, 4.69) is 21.7 Å². The second kappa shape index (κ2) is 6.48. The molecule has 0 N–H and O–H groups in total. The summed E-state index contributed by atoms with van der Waals surface area (Å²) >= 11 is 0. The maximum atomic E-state index is 12.2. The summed E-state index contributed by atoms with van der Waals surface area (Å²) in [6, 6.07) is 12.3. The molecule has 0 aliphatic heterocycles.